The zero-order valence-electron chi connectivity index (χ0n) is 11.0. The predicted octanol–water partition coefficient (Wildman–Crippen LogP) is 2.40. The molecule has 0 aliphatic heterocycles. The van der Waals surface area contributed by atoms with E-state index in [9.17, 15) is 22.7 Å². The molecule has 0 aliphatic rings. The van der Waals surface area contributed by atoms with Crippen molar-refractivity contribution in [3.05, 3.63) is 29.0 Å². The average Bonchev–Trinajstić information content (AvgIpc) is 2.35. The number of benzene rings is 1. The molecule has 0 heterocycles. The Kier molecular flexibility index (Phi) is 5.12. The Morgan fingerprint density at radius 2 is 1.95 bits per heavy atom. The van der Waals surface area contributed by atoms with Gasteiger partial charge < -0.3 is 5.11 Å². The normalized spacial score (nSPS) is 12.4. The van der Waals surface area contributed by atoms with Gasteiger partial charge in [0.15, 0.2) is 0 Å². The van der Waals surface area contributed by atoms with E-state index in [1.165, 1.54) is 6.07 Å². The molecule has 1 aromatic carbocycles. The second kappa shape index (κ2) is 6.07. The van der Waals surface area contributed by atoms with Gasteiger partial charge in [-0.25, -0.2) is 12.8 Å². The molecule has 0 radical (unpaired) electrons. The van der Waals surface area contributed by atoms with Crippen LogP contribution in [-0.4, -0.2) is 25.0 Å². The van der Waals surface area contributed by atoms with Crippen LogP contribution in [0.5, 0.6) is 0 Å². The second-order valence-corrected chi connectivity index (χ2v) is 6.36. The van der Waals surface area contributed by atoms with Crippen molar-refractivity contribution in [2.24, 2.45) is 0 Å². The Hall–Kier alpha value is -1.18. The van der Waals surface area contributed by atoms with Crippen LogP contribution in [0.2, 0.25) is 5.02 Å². The zero-order chi connectivity index (χ0) is 15.6. The van der Waals surface area contributed by atoms with Crippen LogP contribution in [0.25, 0.3) is 0 Å². The monoisotopic (exact) mass is 323 g/mol. The largest absolute Gasteiger partial charge is 0.480 e. The molecule has 0 fully saturated rings. The van der Waals surface area contributed by atoms with Crippen LogP contribution in [0.4, 0.5) is 4.39 Å². The maximum Gasteiger partial charge on any atom is 0.324 e. The van der Waals surface area contributed by atoms with Crippen molar-refractivity contribution >= 4 is 27.6 Å². The Morgan fingerprint density at radius 3 is 2.35 bits per heavy atom. The van der Waals surface area contributed by atoms with E-state index in [2.05, 4.69) is 4.72 Å². The standard InChI is InChI=1S/C12H15ClFNO4S/c1-3-12(4-2,11(16)17)15-20(18,19)10-6-5-8(13)7-9(10)14/h5-7,15H,3-4H2,1-2H3,(H,16,17). The molecule has 0 spiro atoms. The summed E-state index contributed by atoms with van der Waals surface area (Å²) in [7, 11) is -4.30. The van der Waals surface area contributed by atoms with E-state index in [0.29, 0.717) is 0 Å². The summed E-state index contributed by atoms with van der Waals surface area (Å²) in [5, 5.41) is 9.26. The van der Waals surface area contributed by atoms with Crippen LogP contribution in [-0.2, 0) is 14.8 Å². The molecule has 1 aromatic rings. The van der Waals surface area contributed by atoms with Crippen LogP contribution in [0, 0.1) is 5.82 Å². The first-order valence-corrected chi connectivity index (χ1v) is 7.77. The topological polar surface area (TPSA) is 83.5 Å². The van der Waals surface area contributed by atoms with Gasteiger partial charge in [-0.1, -0.05) is 25.4 Å². The fraction of sp³-hybridized carbons (Fsp3) is 0.417. The van der Waals surface area contributed by atoms with Gasteiger partial charge in [0.1, 0.15) is 16.3 Å². The van der Waals surface area contributed by atoms with Crippen LogP contribution >= 0.6 is 11.6 Å². The molecule has 0 saturated heterocycles. The lowest BCUT2D eigenvalue weighted by Gasteiger charge is -2.27. The van der Waals surface area contributed by atoms with Gasteiger partial charge in [0.2, 0.25) is 10.0 Å². The lowest BCUT2D eigenvalue weighted by molar-refractivity contribution is -0.144. The summed E-state index contributed by atoms with van der Waals surface area (Å²) >= 11 is 5.56. The highest BCUT2D eigenvalue weighted by Crippen LogP contribution is 2.23. The molecule has 8 heteroatoms. The molecule has 5 nitrogen and oxygen atoms in total. The molecule has 1 rings (SSSR count). The van der Waals surface area contributed by atoms with Gasteiger partial charge in [-0.05, 0) is 31.0 Å². The number of sulfonamides is 1. The number of hydrogen-bond donors (Lipinski definition) is 2. The fourth-order valence-electron chi connectivity index (χ4n) is 1.75. The van der Waals surface area contributed by atoms with Gasteiger partial charge in [-0.3, -0.25) is 4.79 Å². The van der Waals surface area contributed by atoms with E-state index in [-0.39, 0.29) is 17.9 Å². The Balaban J connectivity index is 3.27. The van der Waals surface area contributed by atoms with Gasteiger partial charge in [0.25, 0.3) is 0 Å². The minimum absolute atomic E-state index is 0.0350. The number of halogens is 2. The van der Waals surface area contributed by atoms with Crippen molar-refractivity contribution in [1.82, 2.24) is 4.72 Å². The van der Waals surface area contributed by atoms with E-state index >= 15 is 0 Å². The number of carbonyl (C=O) groups is 1. The summed E-state index contributed by atoms with van der Waals surface area (Å²) in [5.41, 5.74) is -1.66. The van der Waals surface area contributed by atoms with Gasteiger partial charge in [0.05, 0.1) is 0 Å². The molecular formula is C12H15ClFNO4S. The maximum atomic E-state index is 13.7. The highest BCUT2D eigenvalue weighted by atomic mass is 35.5. The molecule has 0 aliphatic carbocycles. The Bertz CT molecular complexity index is 614. The van der Waals surface area contributed by atoms with Crippen molar-refractivity contribution in [3.8, 4) is 0 Å². The molecule has 0 aromatic heterocycles. The smallest absolute Gasteiger partial charge is 0.324 e. The molecule has 0 unspecified atom stereocenters. The highest BCUT2D eigenvalue weighted by molar-refractivity contribution is 7.89. The number of carboxylic acids is 1. The van der Waals surface area contributed by atoms with E-state index in [4.69, 9.17) is 11.6 Å². The Morgan fingerprint density at radius 1 is 1.40 bits per heavy atom. The third-order valence-corrected chi connectivity index (χ3v) is 4.93. The van der Waals surface area contributed by atoms with E-state index in [0.717, 1.165) is 12.1 Å². The van der Waals surface area contributed by atoms with Crippen molar-refractivity contribution < 1.29 is 22.7 Å². The zero-order valence-corrected chi connectivity index (χ0v) is 12.6. The summed E-state index contributed by atoms with van der Waals surface area (Å²) in [6, 6.07) is 3.08. The molecular weight excluding hydrogens is 309 g/mol. The lowest BCUT2D eigenvalue weighted by Crippen LogP contribution is -2.53. The third kappa shape index (κ3) is 3.28. The molecule has 0 saturated carbocycles. The molecule has 0 atom stereocenters. The third-order valence-electron chi connectivity index (χ3n) is 3.13. The highest BCUT2D eigenvalue weighted by Gasteiger charge is 2.40. The maximum absolute atomic E-state index is 13.7. The van der Waals surface area contributed by atoms with Crippen molar-refractivity contribution in [1.29, 1.82) is 0 Å². The SMILES string of the molecule is CCC(CC)(NS(=O)(=O)c1ccc(Cl)cc1F)C(=O)O. The average molecular weight is 324 g/mol. The van der Waals surface area contributed by atoms with Gasteiger partial charge in [-0.2, -0.15) is 4.72 Å². The summed E-state index contributed by atoms with van der Waals surface area (Å²) < 4.78 is 40.0. The summed E-state index contributed by atoms with van der Waals surface area (Å²) in [6.45, 7) is 3.08. The van der Waals surface area contributed by atoms with E-state index in [1.807, 2.05) is 0 Å². The lowest BCUT2D eigenvalue weighted by atomic mass is 9.95. The molecule has 20 heavy (non-hydrogen) atoms. The number of aliphatic carboxylic acids is 1. The number of hydrogen-bond acceptors (Lipinski definition) is 3. The molecule has 0 amide bonds. The van der Waals surface area contributed by atoms with E-state index in [1.54, 1.807) is 13.8 Å². The van der Waals surface area contributed by atoms with Crippen LogP contribution in [0.3, 0.4) is 0 Å². The minimum Gasteiger partial charge on any atom is -0.480 e. The van der Waals surface area contributed by atoms with E-state index < -0.39 is 32.2 Å². The Labute approximate surface area is 121 Å². The summed E-state index contributed by atoms with van der Waals surface area (Å²) in [4.78, 5) is 10.7. The van der Waals surface area contributed by atoms with Crippen molar-refractivity contribution in [2.75, 3.05) is 0 Å². The first-order valence-electron chi connectivity index (χ1n) is 5.91. The molecule has 112 valence electrons. The summed E-state index contributed by atoms with van der Waals surface area (Å²) in [5.74, 6) is -2.34. The second-order valence-electron chi connectivity index (χ2n) is 4.27. The minimum atomic E-state index is -4.30. The van der Waals surface area contributed by atoms with Crippen LogP contribution in [0.15, 0.2) is 23.1 Å². The van der Waals surface area contributed by atoms with Gasteiger partial charge in [0, 0.05) is 5.02 Å². The summed E-state index contributed by atoms with van der Waals surface area (Å²) in [6.07, 6.45) is 0.0700. The van der Waals surface area contributed by atoms with Crippen LogP contribution in [0.1, 0.15) is 26.7 Å². The van der Waals surface area contributed by atoms with Crippen molar-refractivity contribution in [3.63, 3.8) is 0 Å². The molecule has 0 bridgehead atoms. The van der Waals surface area contributed by atoms with Gasteiger partial charge in [-0.15, -0.1) is 0 Å². The number of nitrogens with one attached hydrogen (secondary N) is 1. The quantitative estimate of drug-likeness (QED) is 0.842. The number of rotatable bonds is 6. The number of carboxylic acid groups (broad SMARTS) is 1. The van der Waals surface area contributed by atoms with Crippen LogP contribution < -0.4 is 4.72 Å². The molecule has 2 N–H and O–H groups in total. The van der Waals surface area contributed by atoms with Crippen molar-refractivity contribution in [2.45, 2.75) is 37.1 Å². The first kappa shape index (κ1) is 16.9. The van der Waals surface area contributed by atoms with Gasteiger partial charge >= 0.3 is 5.97 Å². The predicted molar refractivity (Wildman–Crippen MR) is 72.7 cm³/mol. The fourth-order valence-corrected chi connectivity index (χ4v) is 3.47. The first-order chi connectivity index (χ1) is 9.18.